The van der Waals surface area contributed by atoms with E-state index in [1.54, 1.807) is 54.6 Å². The molecule has 2 heterocycles. The summed E-state index contributed by atoms with van der Waals surface area (Å²) in [6.45, 7) is 0. The zero-order valence-corrected chi connectivity index (χ0v) is 21.7. The highest BCUT2D eigenvalue weighted by atomic mass is 35.5. The molecule has 1 N–H and O–H groups in total. The normalized spacial score (nSPS) is 22.6. The molecule has 2 fully saturated rings. The number of nitrogens with one attached hydrogen (secondary N) is 1. The Morgan fingerprint density at radius 2 is 1.36 bits per heavy atom. The smallest absolute Gasteiger partial charge is 0.323 e. The predicted octanol–water partition coefficient (Wildman–Crippen LogP) is 5.49. The molecule has 3 aromatic rings. The summed E-state index contributed by atoms with van der Waals surface area (Å²) >= 11 is 24.8. The third kappa shape index (κ3) is 3.80. The van der Waals surface area contributed by atoms with Crippen molar-refractivity contribution >= 4 is 69.9 Å². The Labute approximate surface area is 227 Å². The monoisotopic (exact) mass is 562 g/mol. The lowest BCUT2D eigenvalue weighted by atomic mass is 9.72. The first-order valence-electron chi connectivity index (χ1n) is 10.9. The molecule has 2 amide bonds. The van der Waals surface area contributed by atoms with Crippen LogP contribution < -0.4 is 10.2 Å². The van der Waals surface area contributed by atoms with Crippen molar-refractivity contribution in [2.45, 2.75) is 11.6 Å². The van der Waals surface area contributed by atoms with Crippen molar-refractivity contribution in [3.8, 4) is 0 Å². The van der Waals surface area contributed by atoms with E-state index in [1.807, 2.05) is 0 Å². The summed E-state index contributed by atoms with van der Waals surface area (Å²) in [6.07, 6.45) is 0. The van der Waals surface area contributed by atoms with Gasteiger partial charge in [0.1, 0.15) is 6.04 Å². The van der Waals surface area contributed by atoms with Crippen LogP contribution in [0.5, 0.6) is 0 Å². The van der Waals surface area contributed by atoms with E-state index in [-0.39, 0.29) is 10.7 Å². The minimum absolute atomic E-state index is 0.135. The number of halogens is 4. The van der Waals surface area contributed by atoms with Crippen molar-refractivity contribution in [1.82, 2.24) is 5.32 Å². The number of methoxy groups -OCH3 is 1. The highest BCUT2D eigenvalue weighted by Crippen LogP contribution is 2.53. The maximum atomic E-state index is 14.2. The van der Waals surface area contributed by atoms with E-state index in [0.717, 1.165) is 4.90 Å². The third-order valence-electron chi connectivity index (χ3n) is 6.76. The van der Waals surface area contributed by atoms with Crippen molar-refractivity contribution in [3.05, 3.63) is 97.9 Å². The first kappa shape index (κ1) is 25.1. The minimum atomic E-state index is -1.28. The van der Waals surface area contributed by atoms with Gasteiger partial charge in [0, 0.05) is 15.1 Å². The first-order chi connectivity index (χ1) is 17.2. The Kier molecular flexibility index (Phi) is 6.52. The number of imide groups is 1. The Balaban J connectivity index is 1.76. The molecule has 10 heteroatoms. The summed E-state index contributed by atoms with van der Waals surface area (Å²) in [4.78, 5) is 42.0. The van der Waals surface area contributed by atoms with Gasteiger partial charge in [-0.15, -0.1) is 0 Å². The van der Waals surface area contributed by atoms with Gasteiger partial charge in [0.2, 0.25) is 11.8 Å². The van der Waals surface area contributed by atoms with Gasteiger partial charge in [-0.1, -0.05) is 70.7 Å². The van der Waals surface area contributed by atoms with E-state index in [9.17, 15) is 14.4 Å². The fourth-order valence-electron chi connectivity index (χ4n) is 5.26. The Morgan fingerprint density at radius 3 is 1.86 bits per heavy atom. The molecular weight excluding hydrogens is 546 g/mol. The molecule has 5 rings (SSSR count). The number of benzene rings is 3. The molecule has 0 aliphatic carbocycles. The maximum absolute atomic E-state index is 14.2. The fourth-order valence-corrected chi connectivity index (χ4v) is 6.00. The van der Waals surface area contributed by atoms with E-state index >= 15 is 0 Å². The van der Waals surface area contributed by atoms with Crippen LogP contribution >= 0.6 is 46.4 Å². The summed E-state index contributed by atoms with van der Waals surface area (Å²) in [5, 5.41) is 4.78. The third-order valence-corrected chi connectivity index (χ3v) is 7.81. The van der Waals surface area contributed by atoms with E-state index in [2.05, 4.69) is 5.32 Å². The number of carbonyl (C=O) groups excluding carboxylic acids is 3. The van der Waals surface area contributed by atoms with Gasteiger partial charge < -0.3 is 4.74 Å². The molecule has 0 bridgehead atoms. The topological polar surface area (TPSA) is 75.7 Å². The van der Waals surface area contributed by atoms with Crippen molar-refractivity contribution in [1.29, 1.82) is 0 Å². The first-order valence-corrected chi connectivity index (χ1v) is 12.4. The minimum Gasteiger partial charge on any atom is -0.468 e. The summed E-state index contributed by atoms with van der Waals surface area (Å²) in [5.41, 5.74) is 0.191. The second-order valence-electron chi connectivity index (χ2n) is 8.58. The number of amides is 2. The van der Waals surface area contributed by atoms with Crippen LogP contribution in [0.4, 0.5) is 5.69 Å². The number of rotatable bonds is 4. The molecule has 184 valence electrons. The number of fused-ring (bicyclic) bond motifs is 1. The highest BCUT2D eigenvalue weighted by molar-refractivity contribution is 6.38. The quantitative estimate of drug-likeness (QED) is 0.335. The van der Waals surface area contributed by atoms with Crippen LogP contribution in [-0.2, 0) is 24.7 Å². The molecule has 2 aliphatic heterocycles. The van der Waals surface area contributed by atoms with Crippen molar-refractivity contribution < 1.29 is 19.1 Å². The summed E-state index contributed by atoms with van der Waals surface area (Å²) < 4.78 is 5.04. The molecule has 0 spiro atoms. The van der Waals surface area contributed by atoms with Gasteiger partial charge in [-0.3, -0.25) is 19.7 Å². The van der Waals surface area contributed by atoms with Crippen LogP contribution in [0.25, 0.3) is 0 Å². The molecule has 0 aromatic heterocycles. The molecule has 3 atom stereocenters. The van der Waals surface area contributed by atoms with Gasteiger partial charge in [0.25, 0.3) is 0 Å². The lowest BCUT2D eigenvalue weighted by Crippen LogP contribution is -2.52. The lowest BCUT2D eigenvalue weighted by Gasteiger charge is -2.36. The fraction of sp³-hybridized carbons (Fsp3) is 0.192. The molecule has 2 aliphatic rings. The Morgan fingerprint density at radius 1 is 0.833 bits per heavy atom. The molecule has 0 saturated carbocycles. The van der Waals surface area contributed by atoms with Crippen LogP contribution in [0.3, 0.4) is 0 Å². The van der Waals surface area contributed by atoms with E-state index < -0.39 is 41.2 Å². The molecule has 0 unspecified atom stereocenters. The van der Waals surface area contributed by atoms with E-state index in [1.165, 1.54) is 19.2 Å². The van der Waals surface area contributed by atoms with Gasteiger partial charge in [-0.25, -0.2) is 4.90 Å². The van der Waals surface area contributed by atoms with Crippen LogP contribution in [0.15, 0.2) is 66.7 Å². The maximum Gasteiger partial charge on any atom is 0.323 e. The summed E-state index contributed by atoms with van der Waals surface area (Å²) in [5.74, 6) is -3.83. The van der Waals surface area contributed by atoms with E-state index in [0.29, 0.717) is 26.2 Å². The molecule has 3 aromatic carbocycles. The molecule has 36 heavy (non-hydrogen) atoms. The average Bonchev–Trinajstić information content (AvgIpc) is 3.34. The average molecular weight is 564 g/mol. The molecular formula is C26H18Cl4N2O4. The zero-order chi connectivity index (χ0) is 25.8. The van der Waals surface area contributed by atoms with Gasteiger partial charge in [-0.05, 0) is 53.6 Å². The lowest BCUT2D eigenvalue weighted by molar-refractivity contribution is -0.145. The molecule has 0 radical (unpaired) electrons. The second kappa shape index (κ2) is 9.36. The SMILES string of the molecule is COC(=O)[C@@H]1NC(c2ccc(Cl)cc2)(c2ccc(Cl)cc2)[C@@H]2C(=O)N(c3ccc(Cl)cc3Cl)C(=O)[C@H]21. The van der Waals surface area contributed by atoms with Crippen molar-refractivity contribution in [2.24, 2.45) is 11.8 Å². The zero-order valence-electron chi connectivity index (χ0n) is 18.7. The van der Waals surface area contributed by atoms with Gasteiger partial charge in [0.05, 0.1) is 35.2 Å². The van der Waals surface area contributed by atoms with Gasteiger partial charge >= 0.3 is 5.97 Å². The number of hydrogen-bond donors (Lipinski definition) is 1. The second-order valence-corrected chi connectivity index (χ2v) is 10.3. The van der Waals surface area contributed by atoms with Crippen LogP contribution in [-0.4, -0.2) is 30.9 Å². The summed E-state index contributed by atoms with van der Waals surface area (Å²) in [6, 6.07) is 17.2. The van der Waals surface area contributed by atoms with E-state index in [4.69, 9.17) is 51.1 Å². The van der Waals surface area contributed by atoms with Crippen LogP contribution in [0.1, 0.15) is 11.1 Å². The van der Waals surface area contributed by atoms with Crippen LogP contribution in [0.2, 0.25) is 20.1 Å². The largest absolute Gasteiger partial charge is 0.468 e. The van der Waals surface area contributed by atoms with Crippen molar-refractivity contribution in [3.63, 3.8) is 0 Å². The molecule has 2 saturated heterocycles. The molecule has 6 nitrogen and oxygen atoms in total. The number of anilines is 1. The van der Waals surface area contributed by atoms with Gasteiger partial charge in [-0.2, -0.15) is 0 Å². The van der Waals surface area contributed by atoms with Crippen molar-refractivity contribution in [2.75, 3.05) is 12.0 Å². The van der Waals surface area contributed by atoms with Crippen LogP contribution in [0, 0.1) is 11.8 Å². The Hall–Kier alpha value is -2.61. The standard InChI is InChI=1S/C26H18Cl4N2O4/c1-36-25(35)22-20-21(24(34)32(23(20)33)19-11-10-17(29)12-18(19)30)26(31-22,13-2-6-15(27)7-3-13)14-4-8-16(28)9-5-14/h2-12,20-22,31H,1H3/t20-,21+,22-/m1/s1. The predicted molar refractivity (Wildman–Crippen MR) is 139 cm³/mol. The summed E-state index contributed by atoms with van der Waals surface area (Å²) in [7, 11) is 1.23. The van der Waals surface area contributed by atoms with Gasteiger partial charge in [0.15, 0.2) is 0 Å². The Bertz CT molecular complexity index is 1330. The number of nitrogens with zero attached hydrogens (tertiary/aromatic N) is 1. The number of hydrogen-bond acceptors (Lipinski definition) is 5. The number of carbonyl (C=O) groups is 3. The number of esters is 1. The highest BCUT2D eigenvalue weighted by Gasteiger charge is 2.68. The number of ether oxygens (including phenoxy) is 1.